The van der Waals surface area contributed by atoms with E-state index in [0.717, 1.165) is 44.2 Å². The molecule has 0 aliphatic carbocycles. The van der Waals surface area contributed by atoms with Gasteiger partial charge in [0.25, 0.3) is 0 Å². The van der Waals surface area contributed by atoms with Crippen LogP contribution in [0.15, 0.2) is 30.9 Å². The standard InChI is InChI=1S/C16H23ClFN/c1-3-5-6-7-15(19-10-4-2)11-13-8-9-14(18)12-16(13)17/h3,8-9,12,15,19H,1,4-7,10-11H2,2H3. The summed E-state index contributed by atoms with van der Waals surface area (Å²) >= 11 is 6.09. The molecule has 0 saturated carbocycles. The minimum absolute atomic E-state index is 0.279. The fourth-order valence-corrected chi connectivity index (χ4v) is 2.33. The molecule has 0 bridgehead atoms. The molecule has 3 heteroatoms. The molecule has 1 N–H and O–H groups in total. The summed E-state index contributed by atoms with van der Waals surface area (Å²) in [6.07, 6.45) is 7.12. The molecule has 1 aromatic rings. The highest BCUT2D eigenvalue weighted by atomic mass is 35.5. The van der Waals surface area contributed by atoms with Crippen molar-refractivity contribution in [2.75, 3.05) is 6.54 Å². The largest absolute Gasteiger partial charge is 0.314 e. The van der Waals surface area contributed by atoms with Crippen LogP contribution in [-0.4, -0.2) is 12.6 Å². The quantitative estimate of drug-likeness (QED) is 0.509. The Morgan fingerprint density at radius 3 is 2.89 bits per heavy atom. The van der Waals surface area contributed by atoms with Crippen molar-refractivity contribution in [3.8, 4) is 0 Å². The lowest BCUT2D eigenvalue weighted by molar-refractivity contribution is 0.466. The highest BCUT2D eigenvalue weighted by molar-refractivity contribution is 6.31. The van der Waals surface area contributed by atoms with Gasteiger partial charge in [0, 0.05) is 11.1 Å². The third-order valence-electron chi connectivity index (χ3n) is 3.13. The number of rotatable bonds is 9. The van der Waals surface area contributed by atoms with Crippen LogP contribution < -0.4 is 5.32 Å². The van der Waals surface area contributed by atoms with Crippen molar-refractivity contribution in [1.82, 2.24) is 5.32 Å². The van der Waals surface area contributed by atoms with E-state index in [2.05, 4.69) is 18.8 Å². The van der Waals surface area contributed by atoms with E-state index in [9.17, 15) is 4.39 Å². The van der Waals surface area contributed by atoms with Gasteiger partial charge in [0.1, 0.15) is 5.82 Å². The molecular formula is C16H23ClFN. The second kappa shape index (κ2) is 9.11. The first kappa shape index (κ1) is 16.2. The molecule has 1 nitrogen and oxygen atoms in total. The van der Waals surface area contributed by atoms with Gasteiger partial charge in [-0.05, 0) is 56.3 Å². The molecule has 0 radical (unpaired) electrons. The van der Waals surface area contributed by atoms with Gasteiger partial charge in [-0.1, -0.05) is 30.7 Å². The van der Waals surface area contributed by atoms with Gasteiger partial charge in [-0.3, -0.25) is 0 Å². The summed E-state index contributed by atoms with van der Waals surface area (Å²) in [6, 6.07) is 5.04. The summed E-state index contributed by atoms with van der Waals surface area (Å²) in [5.74, 6) is -0.279. The van der Waals surface area contributed by atoms with E-state index < -0.39 is 0 Å². The molecule has 0 spiro atoms. The Morgan fingerprint density at radius 1 is 1.47 bits per heavy atom. The number of benzene rings is 1. The van der Waals surface area contributed by atoms with Crippen LogP contribution in [0.5, 0.6) is 0 Å². The number of halogens is 2. The Morgan fingerprint density at radius 2 is 2.26 bits per heavy atom. The molecule has 0 aliphatic heterocycles. The molecule has 0 amide bonds. The predicted molar refractivity (Wildman–Crippen MR) is 81.2 cm³/mol. The maximum Gasteiger partial charge on any atom is 0.124 e. The van der Waals surface area contributed by atoms with Gasteiger partial charge in [-0.25, -0.2) is 4.39 Å². The van der Waals surface area contributed by atoms with Gasteiger partial charge in [0.2, 0.25) is 0 Å². The van der Waals surface area contributed by atoms with Crippen LogP contribution in [0.1, 0.15) is 38.2 Å². The summed E-state index contributed by atoms with van der Waals surface area (Å²) < 4.78 is 13.0. The van der Waals surface area contributed by atoms with E-state index in [4.69, 9.17) is 11.6 Å². The molecule has 19 heavy (non-hydrogen) atoms. The fraction of sp³-hybridized carbons (Fsp3) is 0.500. The van der Waals surface area contributed by atoms with Crippen molar-refractivity contribution in [2.24, 2.45) is 0 Å². The average molecular weight is 284 g/mol. The van der Waals surface area contributed by atoms with Gasteiger partial charge >= 0.3 is 0 Å². The zero-order valence-corrected chi connectivity index (χ0v) is 12.3. The maximum absolute atomic E-state index is 13.0. The monoisotopic (exact) mass is 283 g/mol. The normalized spacial score (nSPS) is 12.4. The minimum atomic E-state index is -0.279. The van der Waals surface area contributed by atoms with Gasteiger partial charge in [-0.15, -0.1) is 6.58 Å². The van der Waals surface area contributed by atoms with Crippen LogP contribution >= 0.6 is 11.6 Å². The van der Waals surface area contributed by atoms with Crippen LogP contribution in [0.3, 0.4) is 0 Å². The lowest BCUT2D eigenvalue weighted by Gasteiger charge is -2.19. The first-order chi connectivity index (χ1) is 9.17. The molecular weight excluding hydrogens is 261 g/mol. The number of hydrogen-bond donors (Lipinski definition) is 1. The van der Waals surface area contributed by atoms with Gasteiger partial charge in [0.05, 0.1) is 0 Å². The van der Waals surface area contributed by atoms with Crippen molar-refractivity contribution in [3.05, 3.63) is 47.3 Å². The topological polar surface area (TPSA) is 12.0 Å². The summed E-state index contributed by atoms with van der Waals surface area (Å²) in [4.78, 5) is 0. The second-order valence-corrected chi connectivity index (χ2v) is 5.22. The summed E-state index contributed by atoms with van der Waals surface area (Å²) in [7, 11) is 0. The first-order valence-electron chi connectivity index (χ1n) is 6.95. The fourth-order valence-electron chi connectivity index (χ4n) is 2.09. The van der Waals surface area contributed by atoms with E-state index in [1.165, 1.54) is 12.1 Å². The molecule has 0 aliphatic rings. The third kappa shape index (κ3) is 6.22. The molecule has 1 atom stereocenters. The summed E-state index contributed by atoms with van der Waals surface area (Å²) in [6.45, 7) is 6.89. The van der Waals surface area contributed by atoms with E-state index in [-0.39, 0.29) is 5.82 Å². The van der Waals surface area contributed by atoms with Gasteiger partial charge < -0.3 is 5.32 Å². The van der Waals surface area contributed by atoms with Crippen molar-refractivity contribution in [3.63, 3.8) is 0 Å². The Hall–Kier alpha value is -0.860. The maximum atomic E-state index is 13.0. The molecule has 1 unspecified atom stereocenters. The molecule has 0 fully saturated rings. The third-order valence-corrected chi connectivity index (χ3v) is 3.48. The SMILES string of the molecule is C=CCCCC(Cc1ccc(F)cc1Cl)NCCC. The van der Waals surface area contributed by atoms with E-state index in [1.807, 2.05) is 6.08 Å². The van der Waals surface area contributed by atoms with Crippen LogP contribution in [0.2, 0.25) is 5.02 Å². The van der Waals surface area contributed by atoms with Crippen LogP contribution in [-0.2, 0) is 6.42 Å². The van der Waals surface area contributed by atoms with Gasteiger partial charge in [0.15, 0.2) is 0 Å². The van der Waals surface area contributed by atoms with Crippen molar-refractivity contribution in [1.29, 1.82) is 0 Å². The lowest BCUT2D eigenvalue weighted by Crippen LogP contribution is -2.31. The summed E-state index contributed by atoms with van der Waals surface area (Å²) in [5.41, 5.74) is 1.01. The molecule has 0 saturated heterocycles. The van der Waals surface area contributed by atoms with E-state index in [1.54, 1.807) is 6.07 Å². The Labute approximate surface area is 120 Å². The van der Waals surface area contributed by atoms with Crippen molar-refractivity contribution >= 4 is 11.6 Å². The highest BCUT2D eigenvalue weighted by Crippen LogP contribution is 2.20. The van der Waals surface area contributed by atoms with Crippen molar-refractivity contribution < 1.29 is 4.39 Å². The average Bonchev–Trinajstić information content (AvgIpc) is 2.39. The molecule has 0 aromatic heterocycles. The first-order valence-corrected chi connectivity index (χ1v) is 7.33. The molecule has 106 valence electrons. The Kier molecular flexibility index (Phi) is 7.76. The summed E-state index contributed by atoms with van der Waals surface area (Å²) in [5, 5.41) is 4.05. The molecule has 1 aromatic carbocycles. The van der Waals surface area contributed by atoms with Crippen LogP contribution in [0.25, 0.3) is 0 Å². The Bertz CT molecular complexity index is 392. The number of hydrogen-bond acceptors (Lipinski definition) is 1. The van der Waals surface area contributed by atoms with E-state index >= 15 is 0 Å². The number of allylic oxidation sites excluding steroid dienone is 1. The highest BCUT2D eigenvalue weighted by Gasteiger charge is 2.11. The molecule has 0 heterocycles. The zero-order chi connectivity index (χ0) is 14.1. The van der Waals surface area contributed by atoms with Crippen LogP contribution in [0, 0.1) is 5.82 Å². The predicted octanol–water partition coefficient (Wildman–Crippen LogP) is 4.75. The van der Waals surface area contributed by atoms with Crippen LogP contribution in [0.4, 0.5) is 4.39 Å². The smallest absolute Gasteiger partial charge is 0.124 e. The van der Waals surface area contributed by atoms with Crippen molar-refractivity contribution in [2.45, 2.75) is 45.1 Å². The molecule has 1 rings (SSSR count). The number of unbranched alkanes of at least 4 members (excludes halogenated alkanes) is 1. The zero-order valence-electron chi connectivity index (χ0n) is 11.6. The Balaban J connectivity index is 2.60. The van der Waals surface area contributed by atoms with Gasteiger partial charge in [-0.2, -0.15) is 0 Å². The minimum Gasteiger partial charge on any atom is -0.314 e. The second-order valence-electron chi connectivity index (χ2n) is 4.81. The number of nitrogens with one attached hydrogen (secondary N) is 1. The van der Waals surface area contributed by atoms with E-state index in [0.29, 0.717) is 11.1 Å². The lowest BCUT2D eigenvalue weighted by atomic mass is 10.0.